The lowest BCUT2D eigenvalue weighted by atomic mass is 10.2. The molecule has 0 aliphatic carbocycles. The third-order valence-corrected chi connectivity index (χ3v) is 3.49. The molecule has 0 spiro atoms. The third-order valence-electron chi connectivity index (χ3n) is 2.82. The second-order valence-electron chi connectivity index (χ2n) is 4.96. The molecule has 2 aromatic heterocycles. The first-order valence-electron chi connectivity index (χ1n) is 6.51. The van der Waals surface area contributed by atoms with Crippen LogP contribution < -0.4 is 5.32 Å². The highest BCUT2D eigenvalue weighted by molar-refractivity contribution is 7.09. The summed E-state index contributed by atoms with van der Waals surface area (Å²) in [5.74, 6) is 1.31. The molecule has 102 valence electrons. The van der Waals surface area contributed by atoms with Gasteiger partial charge in [-0.2, -0.15) is 9.36 Å². The van der Waals surface area contributed by atoms with Gasteiger partial charge in [0.25, 0.3) is 0 Å². The highest BCUT2D eigenvalue weighted by Crippen LogP contribution is 2.23. The van der Waals surface area contributed by atoms with Gasteiger partial charge in [-0.15, -0.1) is 0 Å². The Hall–Kier alpha value is -2.08. The molecule has 0 amide bonds. The maximum Gasteiger partial charge on any atom is 0.202 e. The fourth-order valence-electron chi connectivity index (χ4n) is 1.81. The molecule has 0 saturated carbocycles. The number of benzene rings is 1. The van der Waals surface area contributed by atoms with Crippen LogP contribution in [0.1, 0.15) is 13.8 Å². The van der Waals surface area contributed by atoms with E-state index < -0.39 is 0 Å². The summed E-state index contributed by atoms with van der Waals surface area (Å²) >= 11 is 1.38. The Morgan fingerprint density at radius 2 is 1.95 bits per heavy atom. The van der Waals surface area contributed by atoms with Crippen LogP contribution in [0, 0.1) is 5.92 Å². The van der Waals surface area contributed by atoms with Crippen molar-refractivity contribution in [3.05, 3.63) is 30.6 Å². The molecule has 0 bridgehead atoms. The summed E-state index contributed by atoms with van der Waals surface area (Å²) < 4.78 is 4.39. The topological polar surface area (TPSA) is 63.6 Å². The van der Waals surface area contributed by atoms with Crippen molar-refractivity contribution in [3.63, 3.8) is 0 Å². The van der Waals surface area contributed by atoms with Gasteiger partial charge in [-0.05, 0) is 24.1 Å². The lowest BCUT2D eigenvalue weighted by Crippen LogP contribution is -2.07. The van der Waals surface area contributed by atoms with Gasteiger partial charge in [-0.25, -0.2) is 0 Å². The number of hydrogen-bond donors (Lipinski definition) is 1. The van der Waals surface area contributed by atoms with Crippen molar-refractivity contribution in [2.24, 2.45) is 5.92 Å². The Bertz CT molecular complexity index is 722. The maximum absolute atomic E-state index is 4.51. The molecule has 20 heavy (non-hydrogen) atoms. The van der Waals surface area contributed by atoms with E-state index in [1.54, 1.807) is 12.4 Å². The van der Waals surface area contributed by atoms with Crippen molar-refractivity contribution in [1.29, 1.82) is 0 Å². The minimum atomic E-state index is 0.582. The van der Waals surface area contributed by atoms with Gasteiger partial charge in [0.15, 0.2) is 5.82 Å². The number of fused-ring (bicyclic) bond motifs is 1. The fraction of sp³-hybridized carbons (Fsp3) is 0.286. The number of rotatable bonds is 4. The second-order valence-corrected chi connectivity index (χ2v) is 5.71. The van der Waals surface area contributed by atoms with Gasteiger partial charge in [0.05, 0.1) is 11.0 Å². The predicted octanol–water partition coefficient (Wildman–Crippen LogP) is 3.22. The molecule has 2 heterocycles. The van der Waals surface area contributed by atoms with E-state index in [0.717, 1.165) is 34.1 Å². The molecule has 1 N–H and O–H groups in total. The molecule has 3 aromatic rings. The van der Waals surface area contributed by atoms with Crippen molar-refractivity contribution < 1.29 is 0 Å². The van der Waals surface area contributed by atoms with Gasteiger partial charge >= 0.3 is 0 Å². The first-order chi connectivity index (χ1) is 9.72. The highest BCUT2D eigenvalue weighted by atomic mass is 32.1. The smallest absolute Gasteiger partial charge is 0.202 e. The normalized spacial score (nSPS) is 11.2. The van der Waals surface area contributed by atoms with Crippen molar-refractivity contribution in [1.82, 2.24) is 19.3 Å². The van der Waals surface area contributed by atoms with Crippen molar-refractivity contribution >= 4 is 27.7 Å². The molecule has 0 aliphatic heterocycles. The summed E-state index contributed by atoms with van der Waals surface area (Å²) in [4.78, 5) is 13.1. The van der Waals surface area contributed by atoms with Crippen LogP contribution in [0.5, 0.6) is 0 Å². The van der Waals surface area contributed by atoms with E-state index >= 15 is 0 Å². The van der Waals surface area contributed by atoms with Crippen LogP contribution in [0.2, 0.25) is 0 Å². The number of aromatic nitrogens is 4. The lowest BCUT2D eigenvalue weighted by molar-refractivity contribution is 0.688. The minimum Gasteiger partial charge on any atom is -0.360 e. The summed E-state index contributed by atoms with van der Waals surface area (Å²) in [6.07, 6.45) is 3.38. The van der Waals surface area contributed by atoms with Crippen molar-refractivity contribution in [2.45, 2.75) is 13.8 Å². The van der Waals surface area contributed by atoms with E-state index in [1.165, 1.54) is 11.5 Å². The standard InChI is InChI=1S/C14H15N5S/c1-9(2)8-17-14-18-13(19-20-14)10-3-4-11-12(7-10)16-6-5-15-11/h3-7,9H,8H2,1-2H3,(H,17,18,19). The number of hydrogen-bond acceptors (Lipinski definition) is 6. The number of anilines is 1. The average Bonchev–Trinajstić information content (AvgIpc) is 2.93. The predicted molar refractivity (Wildman–Crippen MR) is 81.8 cm³/mol. The zero-order chi connectivity index (χ0) is 13.9. The van der Waals surface area contributed by atoms with Crippen LogP contribution in [0.3, 0.4) is 0 Å². The summed E-state index contributed by atoms with van der Waals surface area (Å²) in [6, 6.07) is 5.89. The fourth-order valence-corrected chi connectivity index (χ4v) is 2.40. The van der Waals surface area contributed by atoms with E-state index in [0.29, 0.717) is 5.92 Å². The molecule has 0 fully saturated rings. The Balaban J connectivity index is 1.87. The molecule has 0 aliphatic rings. The minimum absolute atomic E-state index is 0.582. The average molecular weight is 285 g/mol. The van der Waals surface area contributed by atoms with E-state index in [9.17, 15) is 0 Å². The van der Waals surface area contributed by atoms with E-state index in [2.05, 4.69) is 38.5 Å². The summed E-state index contributed by atoms with van der Waals surface area (Å²) in [7, 11) is 0. The molecular weight excluding hydrogens is 270 g/mol. The van der Waals surface area contributed by atoms with Crippen LogP contribution in [0.4, 0.5) is 5.13 Å². The van der Waals surface area contributed by atoms with Crippen molar-refractivity contribution in [2.75, 3.05) is 11.9 Å². The largest absolute Gasteiger partial charge is 0.360 e. The molecule has 0 unspecified atom stereocenters. The van der Waals surface area contributed by atoms with Crippen molar-refractivity contribution in [3.8, 4) is 11.4 Å². The lowest BCUT2D eigenvalue weighted by Gasteiger charge is -2.03. The van der Waals surface area contributed by atoms with Gasteiger partial charge in [0, 0.05) is 36.0 Å². The molecule has 0 saturated heterocycles. The van der Waals surface area contributed by atoms with Crippen LogP contribution in [0.25, 0.3) is 22.4 Å². The second kappa shape index (κ2) is 5.50. The zero-order valence-electron chi connectivity index (χ0n) is 11.4. The summed E-state index contributed by atoms with van der Waals surface area (Å²) in [5.41, 5.74) is 2.70. The van der Waals surface area contributed by atoms with Crippen LogP contribution >= 0.6 is 11.5 Å². The van der Waals surface area contributed by atoms with Gasteiger partial charge < -0.3 is 5.32 Å². The number of nitrogens with one attached hydrogen (secondary N) is 1. The van der Waals surface area contributed by atoms with Gasteiger partial charge in [-0.1, -0.05) is 13.8 Å². The van der Waals surface area contributed by atoms with E-state index in [4.69, 9.17) is 0 Å². The SMILES string of the molecule is CC(C)CNc1nc(-c2ccc3nccnc3c2)ns1. The maximum atomic E-state index is 4.51. The molecule has 0 atom stereocenters. The quantitative estimate of drug-likeness (QED) is 0.797. The van der Waals surface area contributed by atoms with Gasteiger partial charge in [0.2, 0.25) is 5.13 Å². The third kappa shape index (κ3) is 2.75. The monoisotopic (exact) mass is 285 g/mol. The van der Waals surface area contributed by atoms with E-state index in [-0.39, 0.29) is 0 Å². The molecule has 3 rings (SSSR count). The van der Waals surface area contributed by atoms with Crippen LogP contribution in [-0.4, -0.2) is 25.9 Å². The Kier molecular flexibility index (Phi) is 3.56. The molecule has 1 aromatic carbocycles. The molecule has 5 nitrogen and oxygen atoms in total. The summed E-state index contributed by atoms with van der Waals surface area (Å²) in [6.45, 7) is 5.23. The summed E-state index contributed by atoms with van der Waals surface area (Å²) in [5, 5.41) is 4.14. The Morgan fingerprint density at radius 3 is 2.75 bits per heavy atom. The number of nitrogens with zero attached hydrogens (tertiary/aromatic N) is 4. The van der Waals surface area contributed by atoms with Crippen LogP contribution in [-0.2, 0) is 0 Å². The Morgan fingerprint density at radius 1 is 1.15 bits per heavy atom. The highest BCUT2D eigenvalue weighted by Gasteiger charge is 2.08. The van der Waals surface area contributed by atoms with Crippen LogP contribution in [0.15, 0.2) is 30.6 Å². The molecule has 6 heteroatoms. The molecular formula is C14H15N5S. The van der Waals surface area contributed by atoms with Gasteiger partial charge in [-0.3, -0.25) is 9.97 Å². The van der Waals surface area contributed by atoms with E-state index in [1.807, 2.05) is 18.2 Å². The Labute approximate surface area is 121 Å². The van der Waals surface area contributed by atoms with Gasteiger partial charge in [0.1, 0.15) is 0 Å². The zero-order valence-corrected chi connectivity index (χ0v) is 12.2. The first kappa shape index (κ1) is 12.9. The first-order valence-corrected chi connectivity index (χ1v) is 7.28. The molecule has 0 radical (unpaired) electrons.